The number of anilines is 2. The van der Waals surface area contributed by atoms with Crippen molar-refractivity contribution in [1.29, 1.82) is 0 Å². The molecule has 0 saturated heterocycles. The van der Waals surface area contributed by atoms with Crippen molar-refractivity contribution in [2.45, 2.75) is 19.8 Å². The molecule has 1 heterocycles. The van der Waals surface area contributed by atoms with Crippen LogP contribution >= 0.6 is 0 Å². The van der Waals surface area contributed by atoms with Crippen molar-refractivity contribution in [2.75, 3.05) is 24.4 Å². The summed E-state index contributed by atoms with van der Waals surface area (Å²) in [4.78, 5) is 8.39. The van der Waals surface area contributed by atoms with Gasteiger partial charge in [-0.2, -0.15) is 0 Å². The van der Waals surface area contributed by atoms with E-state index < -0.39 is 0 Å². The first-order valence-electron chi connectivity index (χ1n) is 6.95. The average Bonchev–Trinajstić information content (AvgIpc) is 2.55. The lowest BCUT2D eigenvalue weighted by molar-refractivity contribution is 0.414. The zero-order valence-corrected chi connectivity index (χ0v) is 12.4. The smallest absolute Gasteiger partial charge is 0.148 e. The van der Waals surface area contributed by atoms with Gasteiger partial charge in [-0.3, -0.25) is 0 Å². The topological polar surface area (TPSA) is 85.1 Å². The number of rotatable bonds is 7. The predicted octanol–water partition coefficient (Wildman–Crippen LogP) is 1.99. The summed E-state index contributed by atoms with van der Waals surface area (Å²) in [5.41, 5.74) is 4.84. The van der Waals surface area contributed by atoms with Crippen LogP contribution in [-0.4, -0.2) is 23.6 Å². The van der Waals surface area contributed by atoms with E-state index in [1.807, 2.05) is 19.1 Å². The fraction of sp³-hybridized carbons (Fsp3) is 0.333. The van der Waals surface area contributed by atoms with E-state index in [0.29, 0.717) is 5.82 Å². The Morgan fingerprint density at radius 1 is 1.14 bits per heavy atom. The Hall–Kier alpha value is -2.34. The quantitative estimate of drug-likeness (QED) is 0.533. The minimum Gasteiger partial charge on any atom is -0.497 e. The van der Waals surface area contributed by atoms with Crippen molar-refractivity contribution >= 4 is 11.6 Å². The van der Waals surface area contributed by atoms with Crippen molar-refractivity contribution in [3.05, 3.63) is 41.7 Å². The number of nitrogens with one attached hydrogen (secondary N) is 2. The van der Waals surface area contributed by atoms with E-state index in [-0.39, 0.29) is 0 Å². The molecule has 0 radical (unpaired) electrons. The summed E-state index contributed by atoms with van der Waals surface area (Å²) in [6.07, 6.45) is 3.22. The molecular formula is C15H21N5O. The van der Waals surface area contributed by atoms with Crippen molar-refractivity contribution in [2.24, 2.45) is 5.84 Å². The third-order valence-corrected chi connectivity index (χ3v) is 3.30. The van der Waals surface area contributed by atoms with Gasteiger partial charge in [-0.05, 0) is 30.5 Å². The number of benzene rings is 1. The fourth-order valence-corrected chi connectivity index (χ4v) is 2.14. The first-order chi connectivity index (χ1) is 10.3. The van der Waals surface area contributed by atoms with E-state index in [0.717, 1.165) is 36.5 Å². The average molecular weight is 287 g/mol. The minimum absolute atomic E-state index is 0.666. The van der Waals surface area contributed by atoms with Gasteiger partial charge in [-0.25, -0.2) is 15.8 Å². The summed E-state index contributed by atoms with van der Waals surface area (Å²) >= 11 is 0. The van der Waals surface area contributed by atoms with Gasteiger partial charge in [0, 0.05) is 12.1 Å². The number of hydrogen-bond acceptors (Lipinski definition) is 6. The standard InChI is InChI=1S/C15H21N5O/c1-3-13-14(18-10-19-15(13)20-16)17-9-8-11-4-6-12(21-2)7-5-11/h4-7,10H,3,8-9,16H2,1-2H3,(H2,17,18,19,20). The molecule has 4 N–H and O–H groups in total. The van der Waals surface area contributed by atoms with Crippen LogP contribution in [0.15, 0.2) is 30.6 Å². The van der Waals surface area contributed by atoms with Crippen LogP contribution in [0.1, 0.15) is 18.1 Å². The Morgan fingerprint density at radius 3 is 2.48 bits per heavy atom. The lowest BCUT2D eigenvalue weighted by atomic mass is 10.1. The molecule has 112 valence electrons. The van der Waals surface area contributed by atoms with E-state index in [9.17, 15) is 0 Å². The largest absolute Gasteiger partial charge is 0.497 e. The van der Waals surface area contributed by atoms with Crippen molar-refractivity contribution in [3.8, 4) is 5.75 Å². The second-order valence-electron chi connectivity index (χ2n) is 4.57. The normalized spacial score (nSPS) is 10.2. The first-order valence-corrected chi connectivity index (χ1v) is 6.95. The van der Waals surface area contributed by atoms with Crippen molar-refractivity contribution in [3.63, 3.8) is 0 Å². The zero-order valence-electron chi connectivity index (χ0n) is 12.4. The Morgan fingerprint density at radius 2 is 1.86 bits per heavy atom. The molecule has 6 nitrogen and oxygen atoms in total. The second-order valence-corrected chi connectivity index (χ2v) is 4.57. The Kier molecular flexibility index (Phi) is 5.34. The number of nitrogen functional groups attached to an aromatic ring is 1. The molecule has 0 bridgehead atoms. The van der Waals surface area contributed by atoms with Gasteiger partial charge in [-0.1, -0.05) is 19.1 Å². The van der Waals surface area contributed by atoms with Crippen molar-refractivity contribution in [1.82, 2.24) is 9.97 Å². The lowest BCUT2D eigenvalue weighted by Crippen LogP contribution is -2.15. The first kappa shape index (κ1) is 15.1. The summed E-state index contributed by atoms with van der Waals surface area (Å²) in [5, 5.41) is 3.34. The van der Waals surface area contributed by atoms with Gasteiger partial charge in [0.25, 0.3) is 0 Å². The molecule has 2 aromatic rings. The molecular weight excluding hydrogens is 266 g/mol. The summed E-state index contributed by atoms with van der Waals surface area (Å²) < 4.78 is 5.15. The van der Waals surface area contributed by atoms with Gasteiger partial charge in [0.2, 0.25) is 0 Å². The van der Waals surface area contributed by atoms with Crippen LogP contribution in [0.5, 0.6) is 5.75 Å². The molecule has 6 heteroatoms. The third-order valence-electron chi connectivity index (χ3n) is 3.30. The zero-order chi connectivity index (χ0) is 15.1. The molecule has 0 aliphatic carbocycles. The highest BCUT2D eigenvalue weighted by Gasteiger charge is 2.08. The van der Waals surface area contributed by atoms with E-state index in [4.69, 9.17) is 10.6 Å². The molecule has 0 aliphatic heterocycles. The highest BCUT2D eigenvalue weighted by molar-refractivity contribution is 5.56. The van der Waals surface area contributed by atoms with Gasteiger partial charge in [0.1, 0.15) is 23.7 Å². The molecule has 0 atom stereocenters. The van der Waals surface area contributed by atoms with Gasteiger partial charge < -0.3 is 15.5 Å². The van der Waals surface area contributed by atoms with Crippen molar-refractivity contribution < 1.29 is 4.74 Å². The summed E-state index contributed by atoms with van der Waals surface area (Å²) in [6.45, 7) is 2.84. The molecule has 0 unspecified atom stereocenters. The number of ether oxygens (including phenoxy) is 1. The third kappa shape index (κ3) is 3.82. The molecule has 1 aromatic heterocycles. The number of hydrazine groups is 1. The molecule has 0 aliphatic rings. The number of hydrogen-bond donors (Lipinski definition) is 3. The SMILES string of the molecule is CCc1c(NN)ncnc1NCCc1ccc(OC)cc1. The van der Waals surface area contributed by atoms with Gasteiger partial charge >= 0.3 is 0 Å². The minimum atomic E-state index is 0.666. The van der Waals surface area contributed by atoms with Crippen LogP contribution in [0.25, 0.3) is 0 Å². The van der Waals surface area contributed by atoms with Gasteiger partial charge in [-0.15, -0.1) is 0 Å². The molecule has 0 saturated carbocycles. The van der Waals surface area contributed by atoms with Crippen LogP contribution in [-0.2, 0) is 12.8 Å². The second kappa shape index (κ2) is 7.44. The predicted molar refractivity (Wildman–Crippen MR) is 84.4 cm³/mol. The monoisotopic (exact) mass is 287 g/mol. The number of aromatic nitrogens is 2. The van der Waals surface area contributed by atoms with E-state index in [1.54, 1.807) is 7.11 Å². The van der Waals surface area contributed by atoms with Crippen LogP contribution in [0.2, 0.25) is 0 Å². The number of nitrogens with two attached hydrogens (primary N) is 1. The van der Waals surface area contributed by atoms with E-state index in [2.05, 4.69) is 32.8 Å². The summed E-state index contributed by atoms with van der Waals surface area (Å²) in [7, 11) is 1.67. The maximum absolute atomic E-state index is 5.46. The Bertz CT molecular complexity index is 571. The summed E-state index contributed by atoms with van der Waals surface area (Å²) in [5.74, 6) is 7.83. The number of nitrogens with zero attached hydrogens (tertiary/aromatic N) is 2. The maximum atomic E-state index is 5.46. The van der Waals surface area contributed by atoms with E-state index in [1.165, 1.54) is 11.9 Å². The Labute approximate surface area is 124 Å². The highest BCUT2D eigenvalue weighted by atomic mass is 16.5. The molecule has 1 aromatic carbocycles. The van der Waals surface area contributed by atoms with Crippen LogP contribution in [0.4, 0.5) is 11.6 Å². The Balaban J connectivity index is 1.96. The molecule has 21 heavy (non-hydrogen) atoms. The lowest BCUT2D eigenvalue weighted by Gasteiger charge is -2.12. The maximum Gasteiger partial charge on any atom is 0.148 e. The molecule has 2 rings (SSSR count). The molecule has 0 fully saturated rings. The highest BCUT2D eigenvalue weighted by Crippen LogP contribution is 2.19. The van der Waals surface area contributed by atoms with Crippen LogP contribution in [0.3, 0.4) is 0 Å². The number of methoxy groups -OCH3 is 1. The van der Waals surface area contributed by atoms with Crippen LogP contribution < -0.4 is 21.3 Å². The molecule has 0 amide bonds. The summed E-state index contributed by atoms with van der Waals surface area (Å²) in [6, 6.07) is 8.06. The fourth-order valence-electron chi connectivity index (χ4n) is 2.14. The van der Waals surface area contributed by atoms with Gasteiger partial charge in [0.05, 0.1) is 7.11 Å². The van der Waals surface area contributed by atoms with E-state index >= 15 is 0 Å². The van der Waals surface area contributed by atoms with Gasteiger partial charge in [0.15, 0.2) is 0 Å². The van der Waals surface area contributed by atoms with Crippen LogP contribution in [0, 0.1) is 0 Å². The molecule has 0 spiro atoms.